The average molecular weight is 240 g/mol. The molecule has 0 aromatic heterocycles. The van der Waals surface area contributed by atoms with E-state index in [2.05, 4.69) is 75.1 Å². The molecule has 2 aromatic rings. The molecule has 0 saturated heterocycles. The van der Waals surface area contributed by atoms with Crippen molar-refractivity contribution in [1.29, 1.82) is 0 Å². The fourth-order valence-electron chi connectivity index (χ4n) is 1.91. The third kappa shape index (κ3) is 2.86. The molecular formula is C16H20Si. The second-order valence-corrected chi connectivity index (χ2v) is 10.8. The van der Waals surface area contributed by atoms with Crippen LogP contribution in [0.2, 0.25) is 19.6 Å². The van der Waals surface area contributed by atoms with Gasteiger partial charge in [0.2, 0.25) is 0 Å². The van der Waals surface area contributed by atoms with Crippen LogP contribution in [0.25, 0.3) is 11.1 Å². The van der Waals surface area contributed by atoms with Crippen molar-refractivity contribution < 1.29 is 0 Å². The SMILES string of the molecule is Cc1ccc(-c2ccc([Si](C)(C)C)cc2)cc1. The van der Waals surface area contributed by atoms with E-state index in [1.165, 1.54) is 21.9 Å². The van der Waals surface area contributed by atoms with Crippen molar-refractivity contribution >= 4 is 13.3 Å². The second kappa shape index (κ2) is 4.50. The lowest BCUT2D eigenvalue weighted by Gasteiger charge is -2.16. The first-order valence-electron chi connectivity index (χ1n) is 6.14. The molecule has 0 fully saturated rings. The quantitative estimate of drug-likeness (QED) is 0.690. The highest BCUT2D eigenvalue weighted by Gasteiger charge is 2.15. The van der Waals surface area contributed by atoms with E-state index >= 15 is 0 Å². The first-order valence-corrected chi connectivity index (χ1v) is 9.64. The van der Waals surface area contributed by atoms with Crippen molar-refractivity contribution in [3.05, 3.63) is 54.1 Å². The third-order valence-electron chi connectivity index (χ3n) is 3.14. The van der Waals surface area contributed by atoms with Gasteiger partial charge in [-0.3, -0.25) is 0 Å². The Morgan fingerprint density at radius 1 is 0.647 bits per heavy atom. The Morgan fingerprint density at radius 3 is 1.47 bits per heavy atom. The first-order chi connectivity index (χ1) is 7.97. The zero-order chi connectivity index (χ0) is 12.5. The van der Waals surface area contributed by atoms with E-state index in [1.807, 2.05) is 0 Å². The number of hydrogen-bond acceptors (Lipinski definition) is 0. The van der Waals surface area contributed by atoms with Gasteiger partial charge in [-0.2, -0.15) is 0 Å². The van der Waals surface area contributed by atoms with Crippen molar-refractivity contribution in [3.63, 3.8) is 0 Å². The molecule has 17 heavy (non-hydrogen) atoms. The molecule has 88 valence electrons. The molecule has 0 atom stereocenters. The van der Waals surface area contributed by atoms with Crippen molar-refractivity contribution in [2.24, 2.45) is 0 Å². The summed E-state index contributed by atoms with van der Waals surface area (Å²) in [6.07, 6.45) is 0. The zero-order valence-corrected chi connectivity index (χ0v) is 12.1. The molecule has 0 amide bonds. The Morgan fingerprint density at radius 2 is 1.06 bits per heavy atom. The van der Waals surface area contributed by atoms with Crippen LogP contribution in [-0.2, 0) is 0 Å². The Hall–Kier alpha value is -1.34. The molecule has 2 rings (SSSR count). The largest absolute Gasteiger partial charge is 0.0775 e. The van der Waals surface area contributed by atoms with E-state index in [9.17, 15) is 0 Å². The summed E-state index contributed by atoms with van der Waals surface area (Å²) in [6, 6.07) is 17.8. The summed E-state index contributed by atoms with van der Waals surface area (Å²) in [5.74, 6) is 0. The predicted molar refractivity (Wildman–Crippen MR) is 79.6 cm³/mol. The van der Waals surface area contributed by atoms with E-state index in [1.54, 1.807) is 0 Å². The van der Waals surface area contributed by atoms with Crippen LogP contribution >= 0.6 is 0 Å². The van der Waals surface area contributed by atoms with Crippen molar-refractivity contribution in [1.82, 2.24) is 0 Å². The van der Waals surface area contributed by atoms with Gasteiger partial charge in [-0.25, -0.2) is 0 Å². The summed E-state index contributed by atoms with van der Waals surface area (Å²) in [5.41, 5.74) is 3.93. The molecule has 0 radical (unpaired) electrons. The summed E-state index contributed by atoms with van der Waals surface area (Å²) >= 11 is 0. The normalized spacial score (nSPS) is 11.5. The molecule has 2 aromatic carbocycles. The summed E-state index contributed by atoms with van der Waals surface area (Å²) in [4.78, 5) is 0. The summed E-state index contributed by atoms with van der Waals surface area (Å²) in [7, 11) is -1.17. The van der Waals surface area contributed by atoms with Crippen molar-refractivity contribution in [3.8, 4) is 11.1 Å². The minimum atomic E-state index is -1.17. The number of hydrogen-bond donors (Lipinski definition) is 0. The lowest BCUT2D eigenvalue weighted by atomic mass is 10.0. The van der Waals surface area contributed by atoms with E-state index < -0.39 is 8.07 Å². The molecule has 0 saturated carbocycles. The maximum Gasteiger partial charge on any atom is 0.0775 e. The maximum absolute atomic E-state index is 2.38. The van der Waals surface area contributed by atoms with Crippen LogP contribution in [0.15, 0.2) is 48.5 Å². The van der Waals surface area contributed by atoms with Gasteiger partial charge in [0, 0.05) is 0 Å². The van der Waals surface area contributed by atoms with Crippen LogP contribution in [0.1, 0.15) is 5.56 Å². The third-order valence-corrected chi connectivity index (χ3v) is 5.20. The van der Waals surface area contributed by atoms with Crippen LogP contribution in [-0.4, -0.2) is 8.07 Å². The van der Waals surface area contributed by atoms with Gasteiger partial charge in [-0.1, -0.05) is 78.9 Å². The molecule has 0 bridgehead atoms. The maximum atomic E-state index is 2.38. The number of rotatable bonds is 2. The highest BCUT2D eigenvalue weighted by atomic mass is 28.3. The molecule has 1 heteroatoms. The molecule has 0 nitrogen and oxygen atoms in total. The smallest absolute Gasteiger partial charge is 0.0656 e. The molecular weight excluding hydrogens is 220 g/mol. The molecule has 0 N–H and O–H groups in total. The zero-order valence-electron chi connectivity index (χ0n) is 11.1. The molecule has 0 heterocycles. The van der Waals surface area contributed by atoms with Gasteiger partial charge < -0.3 is 0 Å². The second-order valence-electron chi connectivity index (χ2n) is 5.69. The van der Waals surface area contributed by atoms with E-state index in [4.69, 9.17) is 0 Å². The summed E-state index contributed by atoms with van der Waals surface area (Å²) in [5, 5.41) is 1.52. The van der Waals surface area contributed by atoms with Gasteiger partial charge in [0.1, 0.15) is 0 Å². The van der Waals surface area contributed by atoms with Gasteiger partial charge in [0.05, 0.1) is 8.07 Å². The van der Waals surface area contributed by atoms with Crippen LogP contribution in [0.5, 0.6) is 0 Å². The highest BCUT2D eigenvalue weighted by Crippen LogP contribution is 2.19. The molecule has 0 aliphatic carbocycles. The standard InChI is InChI=1S/C16H20Si/c1-13-5-7-14(8-6-13)15-9-11-16(12-10-15)17(2,3)4/h5-12H,1-4H3. The molecule has 0 aliphatic heterocycles. The van der Waals surface area contributed by atoms with Gasteiger partial charge in [-0.15, -0.1) is 0 Å². The first kappa shape index (κ1) is 12.1. The lowest BCUT2D eigenvalue weighted by Crippen LogP contribution is -2.37. The lowest BCUT2D eigenvalue weighted by molar-refractivity contribution is 1.47. The van der Waals surface area contributed by atoms with Crippen LogP contribution < -0.4 is 5.19 Å². The predicted octanol–water partition coefficient (Wildman–Crippen LogP) is 4.21. The minimum Gasteiger partial charge on any atom is -0.0656 e. The van der Waals surface area contributed by atoms with Crippen LogP contribution in [0, 0.1) is 6.92 Å². The van der Waals surface area contributed by atoms with Crippen LogP contribution in [0.3, 0.4) is 0 Å². The van der Waals surface area contributed by atoms with Gasteiger partial charge in [0.15, 0.2) is 0 Å². The Bertz CT molecular complexity index is 487. The topological polar surface area (TPSA) is 0 Å². The van der Waals surface area contributed by atoms with Gasteiger partial charge in [-0.05, 0) is 18.1 Å². The molecule has 0 unspecified atom stereocenters. The van der Waals surface area contributed by atoms with Crippen LogP contribution in [0.4, 0.5) is 0 Å². The number of aryl methyl sites for hydroxylation is 1. The summed E-state index contributed by atoms with van der Waals surface area (Å²) < 4.78 is 0. The Kier molecular flexibility index (Phi) is 3.21. The fourth-order valence-corrected chi connectivity index (χ4v) is 3.08. The molecule has 0 spiro atoms. The fraction of sp³-hybridized carbons (Fsp3) is 0.250. The van der Waals surface area contributed by atoms with Gasteiger partial charge >= 0.3 is 0 Å². The highest BCUT2D eigenvalue weighted by molar-refractivity contribution is 6.88. The van der Waals surface area contributed by atoms with Crippen molar-refractivity contribution in [2.45, 2.75) is 26.6 Å². The van der Waals surface area contributed by atoms with Crippen molar-refractivity contribution in [2.75, 3.05) is 0 Å². The van der Waals surface area contributed by atoms with Gasteiger partial charge in [0.25, 0.3) is 0 Å². The van der Waals surface area contributed by atoms with E-state index in [0.29, 0.717) is 0 Å². The Labute approximate surface area is 105 Å². The minimum absolute atomic E-state index is 1.17. The number of benzene rings is 2. The average Bonchev–Trinajstić information content (AvgIpc) is 2.29. The summed E-state index contributed by atoms with van der Waals surface area (Å²) in [6.45, 7) is 9.27. The monoisotopic (exact) mass is 240 g/mol. The van der Waals surface area contributed by atoms with E-state index in [-0.39, 0.29) is 0 Å². The Balaban J connectivity index is 2.33. The van der Waals surface area contributed by atoms with E-state index in [0.717, 1.165) is 0 Å². The molecule has 0 aliphatic rings.